The van der Waals surface area contributed by atoms with Crippen molar-refractivity contribution >= 4 is 37.2 Å². The second-order valence-electron chi connectivity index (χ2n) is 9.15. The molecule has 34 heavy (non-hydrogen) atoms. The summed E-state index contributed by atoms with van der Waals surface area (Å²) < 4.78 is 6.28. The van der Waals surface area contributed by atoms with Gasteiger partial charge in [0.15, 0.2) is 14.1 Å². The van der Waals surface area contributed by atoms with Crippen LogP contribution in [-0.4, -0.2) is 28.2 Å². The topological polar surface area (TPSA) is 103 Å². The Morgan fingerprint density at radius 2 is 1.79 bits per heavy atom. The number of nitrogens with one attached hydrogen (secondary N) is 1. The lowest BCUT2D eigenvalue weighted by Crippen LogP contribution is -2.40. The Morgan fingerprint density at radius 1 is 1.12 bits per heavy atom. The van der Waals surface area contributed by atoms with Gasteiger partial charge in [-0.05, 0) is 69.5 Å². The summed E-state index contributed by atoms with van der Waals surface area (Å²) in [4.78, 5) is 22.6. The third-order valence-corrected chi connectivity index (χ3v) is 10.3. The number of hydrogen-bond acceptors (Lipinski definition) is 7. The van der Waals surface area contributed by atoms with Crippen LogP contribution in [0.15, 0.2) is 48.8 Å². The van der Waals surface area contributed by atoms with E-state index in [0.717, 1.165) is 11.3 Å². The Bertz CT molecular complexity index is 1250. The molecule has 0 spiro atoms. The molecular weight excluding hydrogens is 470 g/mol. The molecule has 0 saturated carbocycles. The molecule has 10 heteroatoms. The minimum atomic E-state index is -1.83. The van der Waals surface area contributed by atoms with E-state index in [1.54, 1.807) is 6.07 Å². The first-order chi connectivity index (χ1) is 16.0. The first-order valence-corrected chi connectivity index (χ1v) is 13.9. The molecule has 0 bridgehead atoms. The van der Waals surface area contributed by atoms with Gasteiger partial charge in [-0.2, -0.15) is 4.98 Å². The molecule has 0 radical (unpaired) electrons. The number of halogens is 1. The van der Waals surface area contributed by atoms with E-state index in [-0.39, 0.29) is 21.7 Å². The standard InChI is InChI=1S/C24H26ClN5O3Si/c1-24(2,3)34(4,5)33-16-17-8-12-20(13-9-17)28-21-19(15-27-23(25)29-21)11-10-18-7-6-14-26-22(18)30(31)32/h6-9,12-15H,16H2,1-5H3,(H,27,28,29). The molecule has 8 nitrogen and oxygen atoms in total. The normalized spacial score (nSPS) is 11.5. The van der Waals surface area contributed by atoms with Crippen molar-refractivity contribution in [1.29, 1.82) is 0 Å². The first kappa shape index (κ1) is 25.3. The molecule has 0 fully saturated rings. The van der Waals surface area contributed by atoms with Crippen LogP contribution in [0.3, 0.4) is 0 Å². The zero-order valence-corrected chi connectivity index (χ0v) is 21.5. The van der Waals surface area contributed by atoms with Crippen molar-refractivity contribution < 1.29 is 9.35 Å². The Labute approximate surface area is 205 Å². The van der Waals surface area contributed by atoms with Crippen molar-refractivity contribution in [2.45, 2.75) is 45.5 Å². The van der Waals surface area contributed by atoms with Gasteiger partial charge in [-0.1, -0.05) is 44.7 Å². The van der Waals surface area contributed by atoms with Gasteiger partial charge in [-0.25, -0.2) is 4.98 Å². The lowest BCUT2D eigenvalue weighted by Gasteiger charge is -2.36. The molecule has 3 aromatic rings. The van der Waals surface area contributed by atoms with Gasteiger partial charge in [0.1, 0.15) is 11.8 Å². The average Bonchev–Trinajstić information content (AvgIpc) is 2.77. The molecule has 0 unspecified atom stereocenters. The SMILES string of the molecule is CC(C)(C)[Si](C)(C)OCc1ccc(Nc2nc(Cl)ncc2C#Cc2cccnc2[N+](=O)[O-])cc1. The second-order valence-corrected chi connectivity index (χ2v) is 14.3. The molecular formula is C24H26ClN5O3Si. The number of hydrogen-bond donors (Lipinski definition) is 1. The van der Waals surface area contributed by atoms with E-state index in [0.29, 0.717) is 18.0 Å². The predicted octanol–water partition coefficient (Wildman–Crippen LogP) is 6.10. The van der Waals surface area contributed by atoms with Gasteiger partial charge >= 0.3 is 5.82 Å². The van der Waals surface area contributed by atoms with Gasteiger partial charge in [0.25, 0.3) is 0 Å². The van der Waals surface area contributed by atoms with Crippen LogP contribution in [0.2, 0.25) is 23.4 Å². The van der Waals surface area contributed by atoms with Crippen LogP contribution >= 0.6 is 11.6 Å². The maximum atomic E-state index is 11.2. The van der Waals surface area contributed by atoms with Crippen LogP contribution < -0.4 is 5.32 Å². The van der Waals surface area contributed by atoms with Crippen molar-refractivity contribution in [1.82, 2.24) is 15.0 Å². The summed E-state index contributed by atoms with van der Waals surface area (Å²) in [6, 6.07) is 10.9. The molecule has 0 amide bonds. The van der Waals surface area contributed by atoms with Gasteiger partial charge in [-0.3, -0.25) is 0 Å². The number of nitrogens with zero attached hydrogens (tertiary/aromatic N) is 4. The second kappa shape index (κ2) is 10.3. The van der Waals surface area contributed by atoms with Crippen molar-refractivity contribution in [2.24, 2.45) is 0 Å². The van der Waals surface area contributed by atoms with E-state index in [4.69, 9.17) is 16.0 Å². The fourth-order valence-corrected chi connectivity index (χ4v) is 3.72. The number of benzene rings is 1. The number of aromatic nitrogens is 3. The molecule has 0 aliphatic heterocycles. The molecule has 0 saturated heterocycles. The fourth-order valence-electron chi connectivity index (χ4n) is 2.62. The Balaban J connectivity index is 1.79. The summed E-state index contributed by atoms with van der Waals surface area (Å²) in [6.45, 7) is 11.6. The smallest absolute Gasteiger partial charge is 0.379 e. The summed E-state index contributed by atoms with van der Waals surface area (Å²) in [5, 5.41) is 14.6. The fraction of sp³-hybridized carbons (Fsp3) is 0.292. The van der Waals surface area contributed by atoms with E-state index < -0.39 is 13.2 Å². The van der Waals surface area contributed by atoms with Crippen molar-refractivity contribution in [3.63, 3.8) is 0 Å². The number of pyridine rings is 1. The van der Waals surface area contributed by atoms with Crippen LogP contribution in [0.4, 0.5) is 17.3 Å². The summed E-state index contributed by atoms with van der Waals surface area (Å²) in [7, 11) is -1.83. The van der Waals surface area contributed by atoms with Crippen molar-refractivity contribution in [3.05, 3.63) is 80.9 Å². The predicted molar refractivity (Wildman–Crippen MR) is 136 cm³/mol. The van der Waals surface area contributed by atoms with Gasteiger partial charge in [0.05, 0.1) is 12.2 Å². The first-order valence-electron chi connectivity index (χ1n) is 10.6. The van der Waals surface area contributed by atoms with Crippen molar-refractivity contribution in [2.75, 3.05) is 5.32 Å². The highest BCUT2D eigenvalue weighted by Gasteiger charge is 2.36. The lowest BCUT2D eigenvalue weighted by atomic mass is 10.2. The summed E-state index contributed by atoms with van der Waals surface area (Å²) in [6.07, 6.45) is 2.82. The molecule has 1 N–H and O–H groups in total. The summed E-state index contributed by atoms with van der Waals surface area (Å²) in [5.41, 5.74) is 2.48. The van der Waals surface area contributed by atoms with Crippen LogP contribution in [-0.2, 0) is 11.0 Å². The number of anilines is 2. The highest BCUT2D eigenvalue weighted by molar-refractivity contribution is 6.74. The average molecular weight is 496 g/mol. The van der Waals surface area contributed by atoms with Gasteiger partial charge < -0.3 is 19.9 Å². The minimum absolute atomic E-state index is 0.0554. The minimum Gasteiger partial charge on any atom is -0.413 e. The van der Waals surface area contributed by atoms with E-state index in [1.807, 2.05) is 24.3 Å². The highest BCUT2D eigenvalue weighted by Crippen LogP contribution is 2.37. The number of nitro groups is 1. The van der Waals surface area contributed by atoms with E-state index >= 15 is 0 Å². The molecule has 0 aliphatic rings. The maximum Gasteiger partial charge on any atom is 0.379 e. The maximum absolute atomic E-state index is 11.2. The molecule has 0 atom stereocenters. The molecule has 3 rings (SSSR count). The molecule has 0 aliphatic carbocycles. The van der Waals surface area contributed by atoms with E-state index in [1.165, 1.54) is 18.5 Å². The van der Waals surface area contributed by atoms with Crippen LogP contribution in [0.5, 0.6) is 0 Å². The molecule has 1 aromatic carbocycles. The van der Waals surface area contributed by atoms with Crippen LogP contribution in [0.1, 0.15) is 37.5 Å². The molecule has 2 aromatic heterocycles. The summed E-state index contributed by atoms with van der Waals surface area (Å²) >= 11 is 5.99. The Morgan fingerprint density at radius 3 is 2.44 bits per heavy atom. The van der Waals surface area contributed by atoms with Gasteiger partial charge in [-0.15, -0.1) is 0 Å². The monoisotopic (exact) mass is 495 g/mol. The van der Waals surface area contributed by atoms with Crippen molar-refractivity contribution in [3.8, 4) is 11.8 Å². The van der Waals surface area contributed by atoms with E-state index in [2.05, 4.69) is 66.0 Å². The van der Waals surface area contributed by atoms with Crippen LogP contribution in [0, 0.1) is 22.0 Å². The van der Waals surface area contributed by atoms with E-state index in [9.17, 15) is 10.1 Å². The third-order valence-electron chi connectivity index (χ3n) is 5.67. The quantitative estimate of drug-likeness (QED) is 0.145. The highest BCUT2D eigenvalue weighted by atomic mass is 35.5. The Kier molecular flexibility index (Phi) is 7.67. The third kappa shape index (κ3) is 6.38. The lowest BCUT2D eigenvalue weighted by molar-refractivity contribution is -0.389. The molecule has 176 valence electrons. The van der Waals surface area contributed by atoms with Crippen LogP contribution in [0.25, 0.3) is 0 Å². The Hall–Kier alpha value is -3.32. The summed E-state index contributed by atoms with van der Waals surface area (Å²) in [5.74, 6) is 5.74. The zero-order chi connectivity index (χ0) is 24.9. The number of rotatable bonds is 6. The van der Waals surface area contributed by atoms with Gasteiger partial charge in [0, 0.05) is 11.9 Å². The molecule has 2 heterocycles. The van der Waals surface area contributed by atoms with Gasteiger partial charge in [0.2, 0.25) is 5.28 Å². The largest absolute Gasteiger partial charge is 0.413 e. The zero-order valence-electron chi connectivity index (χ0n) is 19.7.